The summed E-state index contributed by atoms with van der Waals surface area (Å²) in [4.78, 5) is 38.1. The number of carboxylic acid groups (broad SMARTS) is 1. The highest BCUT2D eigenvalue weighted by Crippen LogP contribution is 2.51. The summed E-state index contributed by atoms with van der Waals surface area (Å²) < 4.78 is 5.53. The van der Waals surface area contributed by atoms with Gasteiger partial charge >= 0.3 is 12.1 Å². The Morgan fingerprint density at radius 1 is 1.06 bits per heavy atom. The molecule has 1 saturated carbocycles. The number of hydrogen-bond acceptors (Lipinski definition) is 4. The van der Waals surface area contributed by atoms with E-state index >= 15 is 0 Å². The Morgan fingerprint density at radius 3 is 2.31 bits per heavy atom. The molecule has 0 bridgehead atoms. The van der Waals surface area contributed by atoms with E-state index in [1.807, 2.05) is 24.3 Å². The van der Waals surface area contributed by atoms with Crippen molar-refractivity contribution >= 4 is 18.0 Å². The van der Waals surface area contributed by atoms with Crippen LogP contribution in [0.5, 0.6) is 0 Å². The van der Waals surface area contributed by atoms with Gasteiger partial charge in [-0.2, -0.15) is 0 Å². The van der Waals surface area contributed by atoms with Crippen molar-refractivity contribution in [3.63, 3.8) is 0 Å². The van der Waals surface area contributed by atoms with E-state index < -0.39 is 18.1 Å². The molecule has 2 aromatic carbocycles. The molecule has 1 saturated heterocycles. The monoisotopic (exact) mass is 434 g/mol. The first kappa shape index (κ1) is 20.5. The number of likely N-dealkylation sites (tertiary alicyclic amines) is 1. The molecule has 7 nitrogen and oxygen atoms in total. The third kappa shape index (κ3) is 3.51. The maximum absolute atomic E-state index is 12.8. The number of hydrogen-bond donors (Lipinski definition) is 2. The van der Waals surface area contributed by atoms with E-state index in [0.29, 0.717) is 19.5 Å². The van der Waals surface area contributed by atoms with Gasteiger partial charge in [0, 0.05) is 19.0 Å². The zero-order valence-corrected chi connectivity index (χ0v) is 17.9. The first-order valence-electron chi connectivity index (χ1n) is 11.1. The van der Waals surface area contributed by atoms with Gasteiger partial charge in [-0.1, -0.05) is 48.5 Å². The molecule has 0 radical (unpaired) electrons. The number of amides is 2. The molecule has 3 aliphatic rings. The van der Waals surface area contributed by atoms with E-state index in [-0.39, 0.29) is 36.2 Å². The molecule has 2 aromatic rings. The highest BCUT2D eigenvalue weighted by molar-refractivity contribution is 5.86. The number of fused-ring (bicyclic) bond motifs is 4. The third-order valence-electron chi connectivity index (χ3n) is 7.14. The van der Waals surface area contributed by atoms with Gasteiger partial charge in [0.15, 0.2) is 0 Å². The molecule has 2 N–H and O–H groups in total. The van der Waals surface area contributed by atoms with E-state index in [9.17, 15) is 19.5 Å². The van der Waals surface area contributed by atoms with Crippen molar-refractivity contribution in [3.05, 3.63) is 59.7 Å². The van der Waals surface area contributed by atoms with Crippen molar-refractivity contribution in [3.8, 4) is 11.1 Å². The normalized spacial score (nSPS) is 24.0. The number of benzene rings is 2. The van der Waals surface area contributed by atoms with Crippen LogP contribution in [0.1, 0.15) is 30.4 Å². The van der Waals surface area contributed by atoms with Gasteiger partial charge in [0.2, 0.25) is 5.91 Å². The molecule has 4 atom stereocenters. The van der Waals surface area contributed by atoms with Crippen molar-refractivity contribution in [2.45, 2.75) is 25.3 Å². The summed E-state index contributed by atoms with van der Waals surface area (Å²) in [7, 11) is 0. The number of nitrogens with zero attached hydrogens (tertiary/aromatic N) is 1. The minimum Gasteiger partial charge on any atom is -0.481 e. The van der Waals surface area contributed by atoms with Crippen LogP contribution in [0.3, 0.4) is 0 Å². The van der Waals surface area contributed by atoms with Gasteiger partial charge in [-0.25, -0.2) is 4.79 Å². The lowest BCUT2D eigenvalue weighted by molar-refractivity contribution is -0.139. The Hall–Kier alpha value is -3.35. The van der Waals surface area contributed by atoms with Gasteiger partial charge in [-0.15, -0.1) is 0 Å². The SMILES string of the molecule is C[C@H](NC(=O)OCC1c2ccccc2-c2ccccc21)C(=O)N1CCC2C(C1)C2C(=O)O. The molecule has 3 unspecified atom stereocenters. The molecule has 1 heterocycles. The first-order valence-corrected chi connectivity index (χ1v) is 11.1. The van der Waals surface area contributed by atoms with Crippen LogP contribution in [-0.2, 0) is 14.3 Å². The molecule has 2 amide bonds. The Balaban J connectivity index is 1.17. The molecule has 7 heteroatoms. The number of piperidine rings is 1. The molecule has 2 fully saturated rings. The lowest BCUT2D eigenvalue weighted by Gasteiger charge is -2.29. The second kappa shape index (κ2) is 7.97. The summed E-state index contributed by atoms with van der Waals surface area (Å²) in [5, 5.41) is 11.9. The molecule has 0 spiro atoms. The highest BCUT2D eigenvalue weighted by Gasteiger charge is 2.57. The van der Waals surface area contributed by atoms with E-state index in [0.717, 1.165) is 22.3 Å². The molecular weight excluding hydrogens is 408 g/mol. The molecule has 166 valence electrons. The predicted octanol–water partition coefficient (Wildman–Crippen LogP) is 3.09. The van der Waals surface area contributed by atoms with Gasteiger partial charge in [-0.3, -0.25) is 9.59 Å². The van der Waals surface area contributed by atoms with Gasteiger partial charge < -0.3 is 20.1 Å². The van der Waals surface area contributed by atoms with E-state index in [1.165, 1.54) is 0 Å². The second-order valence-corrected chi connectivity index (χ2v) is 8.96. The summed E-state index contributed by atoms with van der Waals surface area (Å²) in [6.07, 6.45) is 0.0721. The van der Waals surface area contributed by atoms with Crippen LogP contribution in [0.2, 0.25) is 0 Å². The fraction of sp³-hybridized carbons (Fsp3) is 0.400. The fourth-order valence-corrected chi connectivity index (χ4v) is 5.46. The number of carboxylic acids is 1. The summed E-state index contributed by atoms with van der Waals surface area (Å²) in [5.41, 5.74) is 4.57. The molecule has 0 aromatic heterocycles. The van der Waals surface area contributed by atoms with E-state index in [1.54, 1.807) is 11.8 Å². The van der Waals surface area contributed by atoms with Crippen molar-refractivity contribution < 1.29 is 24.2 Å². The van der Waals surface area contributed by atoms with Gasteiger partial charge in [0.1, 0.15) is 12.6 Å². The quantitative estimate of drug-likeness (QED) is 0.754. The molecule has 32 heavy (non-hydrogen) atoms. The summed E-state index contributed by atoms with van der Waals surface area (Å²) in [6.45, 7) is 2.80. The van der Waals surface area contributed by atoms with Crippen molar-refractivity contribution in [2.75, 3.05) is 19.7 Å². The smallest absolute Gasteiger partial charge is 0.407 e. The minimum absolute atomic E-state index is 0.0341. The van der Waals surface area contributed by atoms with Crippen molar-refractivity contribution in [1.82, 2.24) is 10.2 Å². The van der Waals surface area contributed by atoms with E-state index in [2.05, 4.69) is 29.6 Å². The van der Waals surface area contributed by atoms with Crippen molar-refractivity contribution in [1.29, 1.82) is 0 Å². The maximum atomic E-state index is 12.8. The summed E-state index contributed by atoms with van der Waals surface area (Å²) >= 11 is 0. The number of alkyl carbamates (subject to hydrolysis) is 1. The number of nitrogens with one attached hydrogen (secondary N) is 1. The van der Waals surface area contributed by atoms with Crippen LogP contribution in [0, 0.1) is 17.8 Å². The Kier molecular flexibility index (Phi) is 5.12. The Bertz CT molecular complexity index is 1040. The van der Waals surface area contributed by atoms with Crippen LogP contribution in [-0.4, -0.2) is 53.7 Å². The van der Waals surface area contributed by atoms with Gasteiger partial charge in [0.25, 0.3) is 0 Å². The zero-order chi connectivity index (χ0) is 22.4. The first-order chi connectivity index (χ1) is 15.5. The lowest BCUT2D eigenvalue weighted by Crippen LogP contribution is -2.49. The second-order valence-electron chi connectivity index (χ2n) is 8.96. The van der Waals surface area contributed by atoms with Gasteiger partial charge in [-0.05, 0) is 47.4 Å². The Morgan fingerprint density at radius 2 is 1.69 bits per heavy atom. The number of carbonyl (C=O) groups excluding carboxylic acids is 2. The largest absolute Gasteiger partial charge is 0.481 e. The van der Waals surface area contributed by atoms with Crippen LogP contribution in [0.4, 0.5) is 4.79 Å². The maximum Gasteiger partial charge on any atom is 0.407 e. The number of rotatable bonds is 5. The third-order valence-corrected chi connectivity index (χ3v) is 7.14. The average molecular weight is 434 g/mol. The van der Waals surface area contributed by atoms with Crippen LogP contribution >= 0.6 is 0 Å². The zero-order valence-electron chi connectivity index (χ0n) is 17.9. The summed E-state index contributed by atoms with van der Waals surface area (Å²) in [5.74, 6) is -1.14. The topological polar surface area (TPSA) is 95.9 Å². The van der Waals surface area contributed by atoms with Crippen LogP contribution < -0.4 is 5.32 Å². The minimum atomic E-state index is -0.779. The molecular formula is C25H26N2O5. The average Bonchev–Trinajstić information content (AvgIpc) is 3.44. The standard InChI is InChI=1S/C25H26N2O5/c1-14(23(28)27-11-10-19-20(12-27)22(19)24(29)30)26-25(31)32-13-21-17-8-4-2-6-15(17)16-7-3-5-9-18(16)21/h2-9,14,19-22H,10-13H2,1H3,(H,26,31)(H,29,30)/t14-,19?,20?,22?/m0/s1. The molecule has 2 aliphatic carbocycles. The fourth-order valence-electron chi connectivity index (χ4n) is 5.46. The Labute approximate surface area is 186 Å². The number of aliphatic carboxylic acids is 1. The summed E-state index contributed by atoms with van der Waals surface area (Å²) in [6, 6.07) is 15.5. The molecule has 5 rings (SSSR count). The number of carbonyl (C=O) groups is 3. The van der Waals surface area contributed by atoms with Crippen LogP contribution in [0.15, 0.2) is 48.5 Å². The van der Waals surface area contributed by atoms with E-state index in [4.69, 9.17) is 4.74 Å². The lowest BCUT2D eigenvalue weighted by atomic mass is 9.98. The number of ether oxygens (including phenoxy) is 1. The predicted molar refractivity (Wildman–Crippen MR) is 117 cm³/mol. The highest BCUT2D eigenvalue weighted by atomic mass is 16.5. The van der Waals surface area contributed by atoms with Crippen LogP contribution in [0.25, 0.3) is 11.1 Å². The molecule has 1 aliphatic heterocycles. The van der Waals surface area contributed by atoms with Gasteiger partial charge in [0.05, 0.1) is 5.92 Å². The van der Waals surface area contributed by atoms with Crippen molar-refractivity contribution in [2.24, 2.45) is 17.8 Å².